The van der Waals surface area contributed by atoms with Crippen molar-refractivity contribution in [3.8, 4) is 0 Å². The lowest BCUT2D eigenvalue weighted by Gasteiger charge is -2.13. The third-order valence-corrected chi connectivity index (χ3v) is 5.41. The SMILES string of the molecule is CCCNC(C)CCCS(=O)(=O)c1cc(C)ccc1C. The van der Waals surface area contributed by atoms with Gasteiger partial charge in [0.25, 0.3) is 0 Å². The number of sulfone groups is 1. The number of nitrogens with one attached hydrogen (secondary N) is 1. The third kappa shape index (κ3) is 5.25. The lowest BCUT2D eigenvalue weighted by Crippen LogP contribution is -2.27. The molecule has 20 heavy (non-hydrogen) atoms. The summed E-state index contributed by atoms with van der Waals surface area (Å²) in [6.45, 7) is 9.02. The van der Waals surface area contributed by atoms with E-state index < -0.39 is 9.84 Å². The standard InChI is InChI=1S/C16H27NO2S/c1-5-10-17-15(4)7-6-11-20(18,19)16-12-13(2)8-9-14(16)3/h8-9,12,15,17H,5-7,10-11H2,1-4H3. The Labute approximate surface area is 123 Å². The molecule has 0 saturated heterocycles. The maximum absolute atomic E-state index is 12.4. The van der Waals surface area contributed by atoms with E-state index in [9.17, 15) is 8.42 Å². The summed E-state index contributed by atoms with van der Waals surface area (Å²) in [5.74, 6) is 0.232. The Bertz CT molecular complexity index is 523. The van der Waals surface area contributed by atoms with Crippen LogP contribution in [0.4, 0.5) is 0 Å². The van der Waals surface area contributed by atoms with E-state index in [0.717, 1.165) is 30.5 Å². The normalized spacial score (nSPS) is 13.4. The highest BCUT2D eigenvalue weighted by molar-refractivity contribution is 7.91. The van der Waals surface area contributed by atoms with Crippen LogP contribution in [-0.4, -0.2) is 26.8 Å². The van der Waals surface area contributed by atoms with Gasteiger partial charge in [-0.25, -0.2) is 8.42 Å². The van der Waals surface area contributed by atoms with Gasteiger partial charge >= 0.3 is 0 Å². The van der Waals surface area contributed by atoms with Crippen molar-refractivity contribution in [2.75, 3.05) is 12.3 Å². The average molecular weight is 297 g/mol. The van der Waals surface area contributed by atoms with Crippen LogP contribution in [0.25, 0.3) is 0 Å². The number of aryl methyl sites for hydroxylation is 2. The van der Waals surface area contributed by atoms with Crippen molar-refractivity contribution in [1.82, 2.24) is 5.32 Å². The molecule has 0 aromatic heterocycles. The quantitative estimate of drug-likeness (QED) is 0.801. The highest BCUT2D eigenvalue weighted by atomic mass is 32.2. The van der Waals surface area contributed by atoms with Gasteiger partial charge in [0.05, 0.1) is 10.6 Å². The molecule has 0 amide bonds. The largest absolute Gasteiger partial charge is 0.314 e. The summed E-state index contributed by atoms with van der Waals surface area (Å²) in [4.78, 5) is 0.492. The van der Waals surface area contributed by atoms with E-state index in [-0.39, 0.29) is 5.75 Å². The maximum atomic E-state index is 12.4. The lowest BCUT2D eigenvalue weighted by molar-refractivity contribution is 0.506. The van der Waals surface area contributed by atoms with E-state index >= 15 is 0 Å². The van der Waals surface area contributed by atoms with Crippen molar-refractivity contribution < 1.29 is 8.42 Å². The molecule has 0 radical (unpaired) electrons. The van der Waals surface area contributed by atoms with Gasteiger partial charge in [-0.3, -0.25) is 0 Å². The molecule has 1 rings (SSSR count). The maximum Gasteiger partial charge on any atom is 0.178 e. The molecule has 1 atom stereocenters. The van der Waals surface area contributed by atoms with Gasteiger partial charge in [0.1, 0.15) is 0 Å². The molecule has 0 saturated carbocycles. The number of rotatable bonds is 8. The molecular formula is C16H27NO2S. The predicted octanol–water partition coefficient (Wildman–Crippen LogP) is 3.25. The van der Waals surface area contributed by atoms with E-state index in [1.54, 1.807) is 6.07 Å². The average Bonchev–Trinajstić information content (AvgIpc) is 2.38. The zero-order valence-corrected chi connectivity index (χ0v) is 13.9. The molecule has 0 aliphatic carbocycles. The Morgan fingerprint density at radius 2 is 1.95 bits per heavy atom. The molecule has 114 valence electrons. The smallest absolute Gasteiger partial charge is 0.178 e. The molecule has 0 fully saturated rings. The minimum absolute atomic E-state index is 0.232. The lowest BCUT2D eigenvalue weighted by atomic mass is 10.2. The first-order chi connectivity index (χ1) is 9.36. The van der Waals surface area contributed by atoms with Gasteiger partial charge in [-0.1, -0.05) is 19.1 Å². The molecule has 4 heteroatoms. The van der Waals surface area contributed by atoms with E-state index in [1.165, 1.54) is 0 Å². The predicted molar refractivity (Wildman–Crippen MR) is 85.0 cm³/mol. The van der Waals surface area contributed by atoms with Crippen molar-refractivity contribution in [3.05, 3.63) is 29.3 Å². The summed E-state index contributed by atoms with van der Waals surface area (Å²) >= 11 is 0. The van der Waals surface area contributed by atoms with E-state index in [0.29, 0.717) is 17.4 Å². The van der Waals surface area contributed by atoms with Gasteiger partial charge in [-0.2, -0.15) is 0 Å². The second-order valence-corrected chi connectivity index (χ2v) is 7.66. The molecule has 1 aromatic carbocycles. The second kappa shape index (κ2) is 7.79. The zero-order valence-electron chi connectivity index (χ0n) is 13.1. The minimum Gasteiger partial charge on any atom is -0.314 e. The van der Waals surface area contributed by atoms with Crippen LogP contribution >= 0.6 is 0 Å². The van der Waals surface area contributed by atoms with Crippen molar-refractivity contribution in [2.45, 2.75) is 57.9 Å². The summed E-state index contributed by atoms with van der Waals surface area (Å²) in [7, 11) is -3.16. The number of benzene rings is 1. The van der Waals surface area contributed by atoms with E-state index in [1.807, 2.05) is 26.0 Å². The number of hydrogen-bond donors (Lipinski definition) is 1. The van der Waals surface area contributed by atoms with E-state index in [4.69, 9.17) is 0 Å². The van der Waals surface area contributed by atoms with Gasteiger partial charge in [-0.15, -0.1) is 0 Å². The molecule has 1 aromatic rings. The molecule has 0 heterocycles. The Balaban J connectivity index is 2.60. The van der Waals surface area contributed by atoms with Crippen LogP contribution < -0.4 is 5.32 Å². The van der Waals surface area contributed by atoms with E-state index in [2.05, 4.69) is 19.2 Å². The van der Waals surface area contributed by atoms with Crippen molar-refractivity contribution in [2.24, 2.45) is 0 Å². The summed E-state index contributed by atoms with van der Waals surface area (Å²) in [6, 6.07) is 5.99. The fourth-order valence-corrected chi connectivity index (χ4v) is 3.92. The first-order valence-corrected chi connectivity index (χ1v) is 9.05. The molecular weight excluding hydrogens is 270 g/mol. The van der Waals surface area contributed by atoms with Gasteiger partial charge in [0, 0.05) is 6.04 Å². The monoisotopic (exact) mass is 297 g/mol. The van der Waals surface area contributed by atoms with Gasteiger partial charge in [0.2, 0.25) is 0 Å². The molecule has 0 aliphatic heterocycles. The fraction of sp³-hybridized carbons (Fsp3) is 0.625. The molecule has 1 N–H and O–H groups in total. The first kappa shape index (κ1) is 17.2. The van der Waals surface area contributed by atoms with Crippen molar-refractivity contribution >= 4 is 9.84 Å². The minimum atomic E-state index is -3.16. The topological polar surface area (TPSA) is 46.2 Å². The Morgan fingerprint density at radius 3 is 2.60 bits per heavy atom. The van der Waals surface area contributed by atoms with Crippen LogP contribution in [0.1, 0.15) is 44.2 Å². The third-order valence-electron chi connectivity index (χ3n) is 3.47. The van der Waals surface area contributed by atoms with Crippen LogP contribution in [0.15, 0.2) is 23.1 Å². The number of hydrogen-bond acceptors (Lipinski definition) is 3. The fourth-order valence-electron chi connectivity index (χ4n) is 2.22. The van der Waals surface area contributed by atoms with Crippen LogP contribution in [0.2, 0.25) is 0 Å². The Hall–Kier alpha value is -0.870. The summed E-state index contributed by atoms with van der Waals surface area (Å²) in [5, 5.41) is 3.38. The Kier molecular flexibility index (Phi) is 6.69. The Morgan fingerprint density at radius 1 is 1.25 bits per heavy atom. The van der Waals surface area contributed by atoms with Crippen LogP contribution in [0, 0.1) is 13.8 Å². The zero-order chi connectivity index (χ0) is 15.2. The van der Waals surface area contributed by atoms with Gasteiger partial charge < -0.3 is 5.32 Å². The highest BCUT2D eigenvalue weighted by Gasteiger charge is 2.17. The molecule has 3 nitrogen and oxygen atoms in total. The summed E-state index contributed by atoms with van der Waals surface area (Å²) < 4.78 is 24.8. The first-order valence-electron chi connectivity index (χ1n) is 7.40. The summed E-state index contributed by atoms with van der Waals surface area (Å²) in [6.07, 6.45) is 2.70. The van der Waals surface area contributed by atoms with Crippen molar-refractivity contribution in [1.29, 1.82) is 0 Å². The summed E-state index contributed by atoms with van der Waals surface area (Å²) in [5.41, 5.74) is 1.83. The molecule has 0 aliphatic rings. The van der Waals surface area contributed by atoms with Crippen LogP contribution in [-0.2, 0) is 9.84 Å². The van der Waals surface area contributed by atoms with Gasteiger partial charge in [0.15, 0.2) is 9.84 Å². The van der Waals surface area contributed by atoms with Crippen LogP contribution in [0.3, 0.4) is 0 Å². The molecule has 0 spiro atoms. The van der Waals surface area contributed by atoms with Crippen LogP contribution in [0.5, 0.6) is 0 Å². The molecule has 0 bridgehead atoms. The second-order valence-electron chi connectivity index (χ2n) is 5.59. The molecule has 1 unspecified atom stereocenters. The van der Waals surface area contributed by atoms with Crippen molar-refractivity contribution in [3.63, 3.8) is 0 Å². The highest BCUT2D eigenvalue weighted by Crippen LogP contribution is 2.19. The van der Waals surface area contributed by atoms with Gasteiger partial charge in [-0.05, 0) is 63.8 Å².